The monoisotopic (exact) mass is 416 g/mol. The molecule has 156 valence electrons. The minimum Gasteiger partial charge on any atom is -0.494 e. The molecule has 30 heavy (non-hydrogen) atoms. The Bertz CT molecular complexity index is 1090. The van der Waals surface area contributed by atoms with Crippen LogP contribution in [0.15, 0.2) is 36.4 Å². The van der Waals surface area contributed by atoms with Crippen molar-refractivity contribution < 1.29 is 22.7 Å². The van der Waals surface area contributed by atoms with E-state index in [0.717, 1.165) is 18.2 Å². The van der Waals surface area contributed by atoms with Gasteiger partial charge in [-0.25, -0.2) is 18.2 Å². The number of fused-ring (bicyclic) bond motifs is 1. The molecule has 0 bridgehead atoms. The molecule has 0 aliphatic carbocycles. The van der Waals surface area contributed by atoms with E-state index in [1.165, 1.54) is 25.3 Å². The lowest BCUT2D eigenvalue weighted by atomic mass is 10.1. The normalized spacial score (nSPS) is 14.1. The quantitative estimate of drug-likeness (QED) is 0.683. The predicted molar refractivity (Wildman–Crippen MR) is 108 cm³/mol. The van der Waals surface area contributed by atoms with Crippen molar-refractivity contribution in [2.45, 2.75) is 0 Å². The largest absolute Gasteiger partial charge is 0.494 e. The Kier molecular flexibility index (Phi) is 5.45. The molecule has 0 atom stereocenters. The summed E-state index contributed by atoms with van der Waals surface area (Å²) in [6.45, 7) is 2.67. The summed E-state index contributed by atoms with van der Waals surface area (Å²) in [6, 6.07) is 7.69. The number of hydrogen-bond acceptors (Lipinski definition) is 5. The first kappa shape index (κ1) is 20.0. The van der Waals surface area contributed by atoms with E-state index < -0.39 is 28.9 Å². The van der Waals surface area contributed by atoms with Crippen LogP contribution in [-0.4, -0.2) is 44.2 Å². The Labute approximate surface area is 170 Å². The number of nitrogens with one attached hydrogen (secondary N) is 2. The molecule has 9 heteroatoms. The number of halogens is 3. The first-order valence-electron chi connectivity index (χ1n) is 9.36. The first-order valence-corrected chi connectivity index (χ1v) is 9.36. The average molecular weight is 416 g/mol. The summed E-state index contributed by atoms with van der Waals surface area (Å²) in [4.78, 5) is 18.6. The number of methoxy groups -OCH3 is 1. The SMILES string of the molecule is COc1cc(F)cc2ccc(NC(=O)c3c(F)cc(N4CCNCC4)cc3F)nc12. The summed E-state index contributed by atoms with van der Waals surface area (Å²) in [6.07, 6.45) is 0. The zero-order chi connectivity index (χ0) is 21.3. The van der Waals surface area contributed by atoms with Crippen LogP contribution in [0.25, 0.3) is 10.9 Å². The molecule has 6 nitrogen and oxygen atoms in total. The molecule has 1 amide bonds. The minimum atomic E-state index is -0.968. The minimum absolute atomic E-state index is 0.0578. The van der Waals surface area contributed by atoms with Crippen molar-refractivity contribution in [1.29, 1.82) is 0 Å². The van der Waals surface area contributed by atoms with Gasteiger partial charge in [-0.2, -0.15) is 0 Å². The average Bonchev–Trinajstić information content (AvgIpc) is 2.73. The second-order valence-corrected chi connectivity index (χ2v) is 6.85. The van der Waals surface area contributed by atoms with Crippen LogP contribution in [0.5, 0.6) is 5.75 Å². The maximum absolute atomic E-state index is 14.6. The topological polar surface area (TPSA) is 66.5 Å². The molecule has 0 saturated carbocycles. The number of piperazine rings is 1. The molecule has 1 aromatic heterocycles. The van der Waals surface area contributed by atoms with E-state index in [9.17, 15) is 18.0 Å². The molecule has 0 unspecified atom stereocenters. The van der Waals surface area contributed by atoms with Crippen molar-refractivity contribution in [2.75, 3.05) is 43.5 Å². The van der Waals surface area contributed by atoms with Gasteiger partial charge >= 0.3 is 0 Å². The van der Waals surface area contributed by atoms with Crippen molar-refractivity contribution in [3.63, 3.8) is 0 Å². The molecule has 1 aliphatic rings. The zero-order valence-corrected chi connectivity index (χ0v) is 16.1. The summed E-state index contributed by atoms with van der Waals surface area (Å²) in [5.41, 5.74) is 0.00666. The number of benzene rings is 2. The van der Waals surface area contributed by atoms with Gasteiger partial charge in [-0.15, -0.1) is 0 Å². The number of carbonyl (C=O) groups is 1. The summed E-state index contributed by atoms with van der Waals surface area (Å²) < 4.78 is 47.9. The molecule has 1 aliphatic heterocycles. The van der Waals surface area contributed by atoms with E-state index >= 15 is 0 Å². The lowest BCUT2D eigenvalue weighted by Gasteiger charge is -2.29. The number of carbonyl (C=O) groups excluding carboxylic acids is 1. The molecular weight excluding hydrogens is 397 g/mol. The van der Waals surface area contributed by atoms with Gasteiger partial charge in [0.2, 0.25) is 0 Å². The van der Waals surface area contributed by atoms with Crippen LogP contribution in [0.2, 0.25) is 0 Å². The molecule has 3 aromatic rings. The fourth-order valence-corrected chi connectivity index (χ4v) is 3.45. The summed E-state index contributed by atoms with van der Waals surface area (Å²) in [5.74, 6) is -3.14. The maximum Gasteiger partial charge on any atom is 0.262 e. The maximum atomic E-state index is 14.6. The van der Waals surface area contributed by atoms with Crippen molar-refractivity contribution in [2.24, 2.45) is 0 Å². The number of aromatic nitrogens is 1. The molecule has 1 fully saturated rings. The molecule has 1 saturated heterocycles. The Balaban J connectivity index is 1.61. The zero-order valence-electron chi connectivity index (χ0n) is 16.1. The van der Waals surface area contributed by atoms with Gasteiger partial charge in [0.1, 0.15) is 40.1 Å². The van der Waals surface area contributed by atoms with Gasteiger partial charge in [-0.3, -0.25) is 4.79 Å². The molecule has 0 radical (unpaired) electrons. The van der Waals surface area contributed by atoms with Gasteiger partial charge in [0.25, 0.3) is 5.91 Å². The number of anilines is 2. The third kappa shape index (κ3) is 3.88. The summed E-state index contributed by atoms with van der Waals surface area (Å²) >= 11 is 0. The Morgan fingerprint density at radius 1 is 1.10 bits per heavy atom. The fourth-order valence-electron chi connectivity index (χ4n) is 3.45. The van der Waals surface area contributed by atoms with Crippen LogP contribution < -0.4 is 20.3 Å². The lowest BCUT2D eigenvalue weighted by Crippen LogP contribution is -2.43. The second kappa shape index (κ2) is 8.19. The highest BCUT2D eigenvalue weighted by molar-refractivity contribution is 6.05. The van der Waals surface area contributed by atoms with Crippen LogP contribution in [0.1, 0.15) is 10.4 Å². The number of rotatable bonds is 4. The third-order valence-corrected chi connectivity index (χ3v) is 4.92. The van der Waals surface area contributed by atoms with E-state index in [4.69, 9.17) is 4.74 Å². The van der Waals surface area contributed by atoms with Crippen molar-refractivity contribution in [1.82, 2.24) is 10.3 Å². The Morgan fingerprint density at radius 2 is 1.80 bits per heavy atom. The van der Waals surface area contributed by atoms with Gasteiger partial charge in [-0.05, 0) is 30.3 Å². The van der Waals surface area contributed by atoms with Crippen molar-refractivity contribution in [3.8, 4) is 5.75 Å². The summed E-state index contributed by atoms with van der Waals surface area (Å²) in [5, 5.41) is 6.02. The standard InChI is InChI=1S/C21H19F3N4O2/c1-30-17-9-13(22)8-12-2-3-18(26-20(12)17)27-21(29)19-15(23)10-14(11-16(19)24)28-6-4-25-5-7-28/h2-3,8-11,25H,4-7H2,1H3,(H,26,27,29). The number of amides is 1. The van der Waals surface area contributed by atoms with Crippen LogP contribution in [0.4, 0.5) is 24.7 Å². The highest BCUT2D eigenvalue weighted by Crippen LogP contribution is 2.28. The van der Waals surface area contributed by atoms with Crippen molar-refractivity contribution >= 4 is 28.3 Å². The predicted octanol–water partition coefficient (Wildman–Crippen LogP) is 3.32. The van der Waals surface area contributed by atoms with Gasteiger partial charge < -0.3 is 20.3 Å². The fraction of sp³-hybridized carbons (Fsp3) is 0.238. The molecule has 4 rings (SSSR count). The number of hydrogen-bond donors (Lipinski definition) is 2. The molecule has 2 aromatic carbocycles. The van der Waals surface area contributed by atoms with E-state index in [0.29, 0.717) is 42.8 Å². The number of ether oxygens (including phenoxy) is 1. The van der Waals surface area contributed by atoms with Crippen LogP contribution in [-0.2, 0) is 0 Å². The highest BCUT2D eigenvalue weighted by Gasteiger charge is 2.22. The first-order chi connectivity index (χ1) is 14.5. The van der Waals surface area contributed by atoms with E-state index in [-0.39, 0.29) is 11.6 Å². The van der Waals surface area contributed by atoms with Crippen molar-refractivity contribution in [3.05, 3.63) is 59.4 Å². The highest BCUT2D eigenvalue weighted by atomic mass is 19.1. The molecule has 2 heterocycles. The van der Waals surface area contributed by atoms with Gasteiger partial charge in [0, 0.05) is 43.3 Å². The van der Waals surface area contributed by atoms with E-state index in [1.807, 2.05) is 4.90 Å². The summed E-state index contributed by atoms with van der Waals surface area (Å²) in [7, 11) is 1.37. The Hall–Kier alpha value is -3.33. The number of nitrogens with zero attached hydrogens (tertiary/aromatic N) is 2. The number of pyridine rings is 1. The van der Waals surface area contributed by atoms with E-state index in [2.05, 4.69) is 15.6 Å². The van der Waals surface area contributed by atoms with Crippen LogP contribution in [0, 0.1) is 17.5 Å². The van der Waals surface area contributed by atoms with Gasteiger partial charge in [-0.1, -0.05) is 0 Å². The van der Waals surface area contributed by atoms with Crippen LogP contribution >= 0.6 is 0 Å². The third-order valence-electron chi connectivity index (χ3n) is 4.92. The second-order valence-electron chi connectivity index (χ2n) is 6.85. The molecule has 2 N–H and O–H groups in total. The smallest absolute Gasteiger partial charge is 0.262 e. The Morgan fingerprint density at radius 3 is 2.47 bits per heavy atom. The van der Waals surface area contributed by atoms with Gasteiger partial charge in [0.15, 0.2) is 0 Å². The molecular formula is C21H19F3N4O2. The van der Waals surface area contributed by atoms with Gasteiger partial charge in [0.05, 0.1) is 7.11 Å². The van der Waals surface area contributed by atoms with Crippen LogP contribution in [0.3, 0.4) is 0 Å². The lowest BCUT2D eigenvalue weighted by molar-refractivity contribution is 0.101. The molecule has 0 spiro atoms. The van der Waals surface area contributed by atoms with E-state index in [1.54, 1.807) is 0 Å².